The molecule has 4 nitrogen and oxygen atoms in total. The molecule has 5 heteroatoms. The Labute approximate surface area is 186 Å². The molecule has 0 aromatic heterocycles. The molecule has 0 fully saturated rings. The lowest BCUT2D eigenvalue weighted by Crippen LogP contribution is -2.18. The summed E-state index contributed by atoms with van der Waals surface area (Å²) in [5.41, 5.74) is 2.35. The van der Waals surface area contributed by atoms with Crippen molar-refractivity contribution in [2.75, 3.05) is 5.32 Å². The van der Waals surface area contributed by atoms with Gasteiger partial charge >= 0.3 is 0 Å². The van der Waals surface area contributed by atoms with Gasteiger partial charge in [0.2, 0.25) is 0 Å². The number of carbonyl (C=O) groups is 1. The van der Waals surface area contributed by atoms with E-state index in [1.165, 1.54) is 0 Å². The van der Waals surface area contributed by atoms with E-state index in [4.69, 9.17) is 0 Å². The van der Waals surface area contributed by atoms with Gasteiger partial charge in [-0.15, -0.1) is 0 Å². The van der Waals surface area contributed by atoms with Crippen LogP contribution in [0.4, 0.5) is 5.69 Å². The van der Waals surface area contributed by atoms with E-state index in [2.05, 4.69) is 27.9 Å². The van der Waals surface area contributed by atoms with E-state index in [9.17, 15) is 15.2 Å². The van der Waals surface area contributed by atoms with Crippen molar-refractivity contribution in [3.05, 3.63) is 62.2 Å². The Balaban J connectivity index is 2.52. The number of phenols is 1. The van der Waals surface area contributed by atoms with E-state index in [1.54, 1.807) is 12.1 Å². The van der Waals surface area contributed by atoms with Crippen molar-refractivity contribution in [3.63, 3.8) is 0 Å². The topological polar surface area (TPSA) is 73.1 Å². The number of hydrogen-bond acceptors (Lipinski definition) is 3. The maximum atomic E-state index is 12.6. The molecule has 0 aliphatic carbocycles. The normalized spacial score (nSPS) is 12.4. The highest BCUT2D eigenvalue weighted by Gasteiger charge is 2.26. The summed E-state index contributed by atoms with van der Waals surface area (Å²) in [7, 11) is 0. The van der Waals surface area contributed by atoms with Gasteiger partial charge in [0.1, 0.15) is 17.4 Å². The Kier molecular flexibility index (Phi) is 6.79. The van der Waals surface area contributed by atoms with Gasteiger partial charge in [0.05, 0.1) is 0 Å². The predicted octanol–water partition coefficient (Wildman–Crippen LogP) is 6.14. The van der Waals surface area contributed by atoms with E-state index in [0.717, 1.165) is 14.7 Å². The molecule has 0 bridgehead atoms. The number of nitrogens with one attached hydrogen (secondary N) is 1. The Morgan fingerprint density at radius 1 is 1.07 bits per heavy atom. The van der Waals surface area contributed by atoms with Crippen molar-refractivity contribution in [2.45, 2.75) is 52.4 Å². The second-order valence-corrected chi connectivity index (χ2v) is 10.3. The third-order valence-electron chi connectivity index (χ3n) is 4.51. The number of carbonyl (C=O) groups excluding carboxylic acids is 1. The lowest BCUT2D eigenvalue weighted by Gasteiger charge is -2.28. The number of halogens is 1. The van der Waals surface area contributed by atoms with E-state index in [1.807, 2.05) is 77.9 Å². The van der Waals surface area contributed by atoms with Crippen molar-refractivity contribution in [3.8, 4) is 11.8 Å². The maximum absolute atomic E-state index is 12.6. The monoisotopic (exact) mass is 502 g/mol. The van der Waals surface area contributed by atoms with Gasteiger partial charge in [0.25, 0.3) is 5.91 Å². The zero-order chi connectivity index (χ0) is 22.0. The minimum Gasteiger partial charge on any atom is -0.507 e. The third kappa shape index (κ3) is 5.83. The number of phenolic OH excluding ortho intramolecular Hbond substituents is 1. The Bertz CT molecular complexity index is 968. The molecular formula is C24H27IN2O2. The quantitative estimate of drug-likeness (QED) is 0.301. The molecule has 152 valence electrons. The molecule has 0 spiro atoms. The van der Waals surface area contributed by atoms with Gasteiger partial charge in [0.15, 0.2) is 0 Å². The first kappa shape index (κ1) is 23.0. The van der Waals surface area contributed by atoms with Crippen LogP contribution in [0.2, 0.25) is 0 Å². The Morgan fingerprint density at radius 2 is 1.62 bits per heavy atom. The fourth-order valence-electron chi connectivity index (χ4n) is 2.96. The van der Waals surface area contributed by atoms with Crippen LogP contribution in [-0.2, 0) is 15.6 Å². The van der Waals surface area contributed by atoms with Crippen LogP contribution in [0.25, 0.3) is 6.08 Å². The maximum Gasteiger partial charge on any atom is 0.266 e. The van der Waals surface area contributed by atoms with Crippen LogP contribution >= 0.6 is 22.6 Å². The summed E-state index contributed by atoms with van der Waals surface area (Å²) in [5, 5.41) is 23.2. The summed E-state index contributed by atoms with van der Waals surface area (Å²) < 4.78 is 0.992. The largest absolute Gasteiger partial charge is 0.507 e. The first-order valence-electron chi connectivity index (χ1n) is 9.39. The van der Waals surface area contributed by atoms with Crippen molar-refractivity contribution >= 4 is 40.3 Å². The SMILES string of the molecule is CC(C)(C)c1cc(/C=C(\C#N)C(=O)Nc2cccc(I)c2)cc(C(C)(C)C)c1O. The van der Waals surface area contributed by atoms with Crippen LogP contribution in [0.5, 0.6) is 5.75 Å². The van der Waals surface area contributed by atoms with Crippen molar-refractivity contribution in [1.29, 1.82) is 5.26 Å². The second-order valence-electron chi connectivity index (χ2n) is 9.10. The highest BCUT2D eigenvalue weighted by molar-refractivity contribution is 14.1. The fraction of sp³-hybridized carbons (Fsp3) is 0.333. The van der Waals surface area contributed by atoms with Gasteiger partial charge in [-0.05, 0) is 75.4 Å². The first-order chi connectivity index (χ1) is 13.3. The minimum absolute atomic E-state index is 0.00858. The smallest absolute Gasteiger partial charge is 0.266 e. The van der Waals surface area contributed by atoms with E-state index in [0.29, 0.717) is 11.3 Å². The summed E-state index contributed by atoms with van der Waals surface area (Å²) >= 11 is 2.17. The minimum atomic E-state index is -0.461. The van der Waals surface area contributed by atoms with Crippen LogP contribution in [-0.4, -0.2) is 11.0 Å². The van der Waals surface area contributed by atoms with E-state index < -0.39 is 5.91 Å². The van der Waals surface area contributed by atoms with E-state index >= 15 is 0 Å². The molecule has 0 heterocycles. The van der Waals surface area contributed by atoms with Crippen LogP contribution in [0.15, 0.2) is 42.0 Å². The number of rotatable bonds is 3. The standard InChI is InChI=1S/C24H27IN2O2/c1-23(2,3)19-11-15(12-20(21(19)28)24(4,5)6)10-16(14-26)22(29)27-18-9-7-8-17(25)13-18/h7-13,28H,1-6H3,(H,27,29)/b16-10+. The number of benzene rings is 2. The van der Waals surface area contributed by atoms with Gasteiger partial charge in [0, 0.05) is 20.4 Å². The number of aromatic hydroxyl groups is 1. The predicted molar refractivity (Wildman–Crippen MR) is 127 cm³/mol. The summed E-state index contributed by atoms with van der Waals surface area (Å²) in [6, 6.07) is 13.1. The van der Waals surface area contributed by atoms with Crippen LogP contribution < -0.4 is 5.32 Å². The lowest BCUT2D eigenvalue weighted by molar-refractivity contribution is -0.112. The summed E-state index contributed by atoms with van der Waals surface area (Å²) in [4.78, 5) is 12.6. The van der Waals surface area contributed by atoms with Gasteiger partial charge in [-0.1, -0.05) is 47.6 Å². The number of nitriles is 1. The summed E-state index contributed by atoms with van der Waals surface area (Å²) in [6.07, 6.45) is 1.58. The van der Waals surface area contributed by atoms with Gasteiger partial charge in [-0.25, -0.2) is 0 Å². The molecule has 0 saturated heterocycles. The van der Waals surface area contributed by atoms with Gasteiger partial charge < -0.3 is 10.4 Å². The fourth-order valence-corrected chi connectivity index (χ4v) is 3.51. The van der Waals surface area contributed by atoms with Crippen LogP contribution in [0, 0.1) is 14.9 Å². The molecule has 2 aromatic rings. The zero-order valence-corrected chi connectivity index (χ0v) is 19.9. The van der Waals surface area contributed by atoms with Gasteiger partial charge in [-0.3, -0.25) is 4.79 Å². The number of amides is 1. The molecule has 0 radical (unpaired) electrons. The van der Waals surface area contributed by atoms with Crippen LogP contribution in [0.3, 0.4) is 0 Å². The Morgan fingerprint density at radius 3 is 2.07 bits per heavy atom. The number of hydrogen-bond donors (Lipinski definition) is 2. The highest BCUT2D eigenvalue weighted by atomic mass is 127. The second kappa shape index (κ2) is 8.58. The third-order valence-corrected chi connectivity index (χ3v) is 5.18. The van der Waals surface area contributed by atoms with Crippen LogP contribution in [0.1, 0.15) is 58.2 Å². The number of anilines is 1. The molecular weight excluding hydrogens is 475 g/mol. The summed E-state index contributed by atoms with van der Waals surface area (Å²) in [6.45, 7) is 12.1. The van der Waals surface area contributed by atoms with Crippen molar-refractivity contribution in [1.82, 2.24) is 0 Å². The molecule has 2 aromatic carbocycles. The molecule has 0 unspecified atom stereocenters. The van der Waals surface area contributed by atoms with Crippen molar-refractivity contribution < 1.29 is 9.90 Å². The van der Waals surface area contributed by atoms with Crippen molar-refractivity contribution in [2.24, 2.45) is 0 Å². The van der Waals surface area contributed by atoms with Gasteiger partial charge in [-0.2, -0.15) is 5.26 Å². The number of nitrogens with zero attached hydrogens (tertiary/aromatic N) is 1. The summed E-state index contributed by atoms with van der Waals surface area (Å²) in [5.74, 6) is -0.193. The van der Waals surface area contributed by atoms with E-state index in [-0.39, 0.29) is 22.2 Å². The molecule has 0 saturated carbocycles. The molecule has 1 amide bonds. The molecule has 0 aliphatic rings. The lowest BCUT2D eigenvalue weighted by atomic mass is 9.78. The average Bonchev–Trinajstić information content (AvgIpc) is 2.58. The molecule has 2 rings (SSSR count). The molecule has 29 heavy (non-hydrogen) atoms. The Hall–Kier alpha value is -2.33. The molecule has 0 aliphatic heterocycles. The molecule has 0 atom stereocenters. The first-order valence-corrected chi connectivity index (χ1v) is 10.5. The highest BCUT2D eigenvalue weighted by Crippen LogP contribution is 2.40. The average molecular weight is 502 g/mol. The molecule has 2 N–H and O–H groups in total. The zero-order valence-electron chi connectivity index (χ0n) is 17.7.